The molecule has 0 aromatic heterocycles. The second kappa shape index (κ2) is 10.7. The van der Waals surface area contributed by atoms with E-state index >= 15 is 0 Å². The molecule has 158 valence electrons. The Morgan fingerprint density at radius 1 is 1.20 bits per heavy atom. The van der Waals surface area contributed by atoms with Crippen molar-refractivity contribution in [1.29, 1.82) is 0 Å². The zero-order chi connectivity index (χ0) is 22.3. The van der Waals surface area contributed by atoms with Gasteiger partial charge in [-0.1, -0.05) is 23.7 Å². The standard InChI is InChI=1S/C20H20ClN3O5S/c1-12(25)13-4-3-5-14(10-13)22-20(27)18(8-9-30-2)23-19(26)16-7-6-15(24(28)29)11-17(16)21/h3-7,10-11,18H,8-9H2,1-2H3,(H,22,27)(H,23,26)/t18-/m1/s1. The molecule has 0 aliphatic carbocycles. The maximum atomic E-state index is 12.8. The van der Waals surface area contributed by atoms with Crippen molar-refractivity contribution < 1.29 is 19.3 Å². The average Bonchev–Trinajstić information content (AvgIpc) is 2.70. The molecule has 30 heavy (non-hydrogen) atoms. The Morgan fingerprint density at radius 2 is 1.93 bits per heavy atom. The maximum Gasteiger partial charge on any atom is 0.270 e. The molecule has 2 amide bonds. The number of hydrogen-bond acceptors (Lipinski definition) is 6. The number of thioether (sulfide) groups is 1. The van der Waals surface area contributed by atoms with Gasteiger partial charge >= 0.3 is 0 Å². The summed E-state index contributed by atoms with van der Waals surface area (Å²) in [6, 6.07) is 9.13. The fraction of sp³-hybridized carbons (Fsp3) is 0.250. The summed E-state index contributed by atoms with van der Waals surface area (Å²) in [5.74, 6) is -0.587. The van der Waals surface area contributed by atoms with Crippen LogP contribution in [0.25, 0.3) is 0 Å². The van der Waals surface area contributed by atoms with E-state index in [1.165, 1.54) is 30.8 Å². The van der Waals surface area contributed by atoms with E-state index in [0.29, 0.717) is 23.4 Å². The van der Waals surface area contributed by atoms with Crippen LogP contribution in [0, 0.1) is 10.1 Å². The van der Waals surface area contributed by atoms with Gasteiger partial charge < -0.3 is 10.6 Å². The van der Waals surface area contributed by atoms with Crippen molar-refractivity contribution in [2.75, 3.05) is 17.3 Å². The van der Waals surface area contributed by atoms with Crippen LogP contribution in [-0.4, -0.2) is 40.6 Å². The third-order valence-electron chi connectivity index (χ3n) is 4.18. The van der Waals surface area contributed by atoms with E-state index in [0.717, 1.165) is 6.07 Å². The highest BCUT2D eigenvalue weighted by Gasteiger charge is 2.23. The Labute approximate surface area is 182 Å². The molecule has 0 spiro atoms. The van der Waals surface area contributed by atoms with E-state index in [1.54, 1.807) is 24.3 Å². The van der Waals surface area contributed by atoms with E-state index < -0.39 is 22.8 Å². The van der Waals surface area contributed by atoms with Gasteiger partial charge in [-0.3, -0.25) is 24.5 Å². The van der Waals surface area contributed by atoms with Crippen molar-refractivity contribution in [2.24, 2.45) is 0 Å². The summed E-state index contributed by atoms with van der Waals surface area (Å²) in [7, 11) is 0. The summed E-state index contributed by atoms with van der Waals surface area (Å²) >= 11 is 7.52. The lowest BCUT2D eigenvalue weighted by atomic mass is 10.1. The molecular weight excluding hydrogens is 430 g/mol. The lowest BCUT2D eigenvalue weighted by Gasteiger charge is -2.19. The quantitative estimate of drug-likeness (QED) is 0.340. The number of benzene rings is 2. The number of nitro benzene ring substituents is 1. The fourth-order valence-electron chi connectivity index (χ4n) is 2.59. The van der Waals surface area contributed by atoms with E-state index in [9.17, 15) is 24.5 Å². The number of nitrogens with one attached hydrogen (secondary N) is 2. The Morgan fingerprint density at radius 3 is 2.53 bits per heavy atom. The molecule has 10 heteroatoms. The molecule has 0 aliphatic rings. The van der Waals surface area contributed by atoms with Crippen LogP contribution in [0.1, 0.15) is 34.1 Å². The minimum atomic E-state index is -0.864. The number of nitro groups is 1. The number of nitrogens with zero attached hydrogens (tertiary/aromatic N) is 1. The highest BCUT2D eigenvalue weighted by atomic mass is 35.5. The number of Topliss-reactive ketones (excluding diaryl/α,β-unsaturated/α-hetero) is 1. The van der Waals surface area contributed by atoms with Crippen LogP contribution >= 0.6 is 23.4 Å². The molecule has 2 N–H and O–H groups in total. The second-order valence-electron chi connectivity index (χ2n) is 6.36. The summed E-state index contributed by atoms with van der Waals surface area (Å²) in [6.45, 7) is 1.43. The van der Waals surface area contributed by atoms with Crippen LogP contribution in [0.4, 0.5) is 11.4 Å². The van der Waals surface area contributed by atoms with Crippen LogP contribution in [-0.2, 0) is 4.79 Å². The molecule has 2 aromatic carbocycles. The Kier molecular flexibility index (Phi) is 8.37. The maximum absolute atomic E-state index is 12.8. The number of carbonyl (C=O) groups excluding carboxylic acids is 3. The van der Waals surface area contributed by atoms with Crippen LogP contribution in [0.15, 0.2) is 42.5 Å². The van der Waals surface area contributed by atoms with Crippen LogP contribution in [0.5, 0.6) is 0 Å². The topological polar surface area (TPSA) is 118 Å². The largest absolute Gasteiger partial charge is 0.340 e. The third kappa shape index (κ3) is 6.30. The smallest absolute Gasteiger partial charge is 0.270 e. The normalized spacial score (nSPS) is 11.4. The van der Waals surface area contributed by atoms with Crippen molar-refractivity contribution in [3.8, 4) is 0 Å². The van der Waals surface area contributed by atoms with E-state index in [-0.39, 0.29) is 22.1 Å². The molecule has 2 aromatic rings. The van der Waals surface area contributed by atoms with Gasteiger partial charge in [-0.2, -0.15) is 11.8 Å². The second-order valence-corrected chi connectivity index (χ2v) is 7.75. The molecule has 0 saturated heterocycles. The minimum Gasteiger partial charge on any atom is -0.340 e. The number of halogens is 1. The monoisotopic (exact) mass is 449 g/mol. The SMILES string of the molecule is CSCC[C@@H](NC(=O)c1ccc([N+](=O)[O-])cc1Cl)C(=O)Nc1cccc(C(C)=O)c1. The Hall–Kier alpha value is -2.91. The number of hydrogen-bond donors (Lipinski definition) is 2. The molecule has 0 unspecified atom stereocenters. The van der Waals surface area contributed by atoms with Crippen LogP contribution < -0.4 is 10.6 Å². The average molecular weight is 450 g/mol. The summed E-state index contributed by atoms with van der Waals surface area (Å²) in [6.07, 6.45) is 2.23. The first kappa shape index (κ1) is 23.4. The van der Waals surface area contributed by atoms with Crippen molar-refractivity contribution in [2.45, 2.75) is 19.4 Å². The zero-order valence-electron chi connectivity index (χ0n) is 16.3. The molecule has 0 aliphatic heterocycles. The highest BCUT2D eigenvalue weighted by molar-refractivity contribution is 7.98. The third-order valence-corrected chi connectivity index (χ3v) is 5.13. The fourth-order valence-corrected chi connectivity index (χ4v) is 3.32. The molecule has 0 saturated carbocycles. The lowest BCUT2D eigenvalue weighted by Crippen LogP contribution is -2.44. The molecular formula is C20H20ClN3O5S. The Balaban J connectivity index is 2.17. The van der Waals surface area contributed by atoms with Crippen molar-refractivity contribution in [1.82, 2.24) is 5.32 Å². The summed E-state index contributed by atoms with van der Waals surface area (Å²) in [4.78, 5) is 47.1. The molecule has 0 bridgehead atoms. The summed E-state index contributed by atoms with van der Waals surface area (Å²) < 4.78 is 0. The zero-order valence-corrected chi connectivity index (χ0v) is 17.9. The van der Waals surface area contributed by atoms with Gasteiger partial charge in [-0.25, -0.2) is 0 Å². The van der Waals surface area contributed by atoms with Gasteiger partial charge in [0.05, 0.1) is 15.5 Å². The van der Waals surface area contributed by atoms with E-state index in [1.807, 2.05) is 6.26 Å². The molecule has 0 fully saturated rings. The van der Waals surface area contributed by atoms with Crippen LogP contribution in [0.2, 0.25) is 5.02 Å². The summed E-state index contributed by atoms with van der Waals surface area (Å²) in [5.41, 5.74) is 0.681. The lowest BCUT2D eigenvalue weighted by molar-refractivity contribution is -0.384. The van der Waals surface area contributed by atoms with Crippen molar-refractivity contribution in [3.05, 3.63) is 68.7 Å². The van der Waals surface area contributed by atoms with Gasteiger partial charge in [-0.05, 0) is 43.6 Å². The minimum absolute atomic E-state index is 0.0304. The predicted molar refractivity (Wildman–Crippen MR) is 117 cm³/mol. The van der Waals surface area contributed by atoms with Gasteiger partial charge in [0.15, 0.2) is 5.78 Å². The first-order valence-electron chi connectivity index (χ1n) is 8.88. The molecule has 8 nitrogen and oxygen atoms in total. The van der Waals surface area contributed by atoms with E-state index in [2.05, 4.69) is 10.6 Å². The van der Waals surface area contributed by atoms with E-state index in [4.69, 9.17) is 11.6 Å². The predicted octanol–water partition coefficient (Wildman–Crippen LogP) is 3.94. The molecule has 0 heterocycles. The number of carbonyl (C=O) groups is 3. The van der Waals surface area contributed by atoms with Crippen LogP contribution in [0.3, 0.4) is 0 Å². The number of rotatable bonds is 9. The van der Waals surface area contributed by atoms with Gasteiger partial charge in [0.2, 0.25) is 5.91 Å². The number of amides is 2. The molecule has 2 rings (SSSR count). The molecule has 0 radical (unpaired) electrons. The van der Waals surface area contributed by atoms with Crippen molar-refractivity contribution >= 4 is 52.3 Å². The van der Waals surface area contributed by atoms with Crippen molar-refractivity contribution in [3.63, 3.8) is 0 Å². The number of anilines is 1. The van der Waals surface area contributed by atoms with Gasteiger partial charge in [0.1, 0.15) is 6.04 Å². The highest BCUT2D eigenvalue weighted by Crippen LogP contribution is 2.22. The number of non-ortho nitro benzene ring substituents is 1. The summed E-state index contributed by atoms with van der Waals surface area (Å²) in [5, 5.41) is 16.1. The van der Waals surface area contributed by atoms with Gasteiger partial charge in [0.25, 0.3) is 11.6 Å². The Bertz CT molecular complexity index is 983. The van der Waals surface area contributed by atoms with Gasteiger partial charge in [0, 0.05) is 23.4 Å². The molecule has 1 atom stereocenters. The first-order chi connectivity index (χ1) is 14.2. The van der Waals surface area contributed by atoms with Gasteiger partial charge in [-0.15, -0.1) is 0 Å². The first-order valence-corrected chi connectivity index (χ1v) is 10.7. The number of ketones is 1.